The Morgan fingerprint density at radius 2 is 2.11 bits per heavy atom. The van der Waals surface area contributed by atoms with Gasteiger partial charge in [0.1, 0.15) is 25.1 Å². The van der Waals surface area contributed by atoms with Crippen LogP contribution in [-0.2, 0) is 6.54 Å². The zero-order valence-electron chi connectivity index (χ0n) is 15.5. The van der Waals surface area contributed by atoms with Crippen molar-refractivity contribution in [3.05, 3.63) is 48.5 Å². The average molecular weight is 382 g/mol. The van der Waals surface area contributed by atoms with Gasteiger partial charge in [-0.25, -0.2) is 9.98 Å². The molecule has 4 rings (SSSR count). The monoisotopic (exact) mass is 382 g/mol. The first-order chi connectivity index (χ1) is 13.8. The number of aromatic amines is 1. The van der Waals surface area contributed by atoms with Crippen LogP contribution < -0.4 is 20.1 Å². The molecule has 9 heteroatoms. The standard InChI is InChI=1S/C19H22N6O3/c1-2-20-19(21-10-13-12-27-14-6-3-4-7-15(14)28-13)22-11-17-23-18(25-24-17)16-8-5-9-26-16/h3-9,13H,2,10-12H2,1H3,(H2,20,21,22)(H,23,24,25). The first kappa shape index (κ1) is 17.9. The highest BCUT2D eigenvalue weighted by Crippen LogP contribution is 2.30. The third-order valence-corrected chi connectivity index (χ3v) is 4.07. The van der Waals surface area contributed by atoms with E-state index < -0.39 is 0 Å². The second-order valence-electron chi connectivity index (χ2n) is 6.16. The highest BCUT2D eigenvalue weighted by Gasteiger charge is 2.20. The summed E-state index contributed by atoms with van der Waals surface area (Å²) in [5.74, 6) is 3.98. The van der Waals surface area contributed by atoms with Gasteiger partial charge in [0.15, 0.2) is 23.2 Å². The summed E-state index contributed by atoms with van der Waals surface area (Å²) in [5.41, 5.74) is 0. The van der Waals surface area contributed by atoms with Crippen LogP contribution >= 0.6 is 0 Å². The number of aliphatic imine (C=N–C) groups is 1. The largest absolute Gasteiger partial charge is 0.486 e. The van der Waals surface area contributed by atoms with E-state index in [2.05, 4.69) is 30.8 Å². The Kier molecular flexibility index (Phi) is 5.41. The van der Waals surface area contributed by atoms with E-state index in [4.69, 9.17) is 13.9 Å². The average Bonchev–Trinajstić information content (AvgIpc) is 3.41. The fraction of sp³-hybridized carbons (Fsp3) is 0.316. The van der Waals surface area contributed by atoms with Crippen LogP contribution in [0.1, 0.15) is 12.7 Å². The van der Waals surface area contributed by atoms with Gasteiger partial charge in [0.05, 0.1) is 12.8 Å². The molecule has 1 aliphatic heterocycles. The highest BCUT2D eigenvalue weighted by atomic mass is 16.6. The van der Waals surface area contributed by atoms with Crippen LogP contribution in [0.3, 0.4) is 0 Å². The number of hydrogen-bond donors (Lipinski definition) is 3. The van der Waals surface area contributed by atoms with Gasteiger partial charge in [-0.3, -0.25) is 5.10 Å². The van der Waals surface area contributed by atoms with Crippen molar-refractivity contribution in [3.63, 3.8) is 0 Å². The Balaban J connectivity index is 1.34. The summed E-state index contributed by atoms with van der Waals surface area (Å²) < 4.78 is 17.0. The third-order valence-electron chi connectivity index (χ3n) is 4.07. The number of ether oxygens (including phenoxy) is 2. The molecular weight excluding hydrogens is 360 g/mol. The summed E-state index contributed by atoms with van der Waals surface area (Å²) in [6.45, 7) is 4.15. The molecule has 0 fully saturated rings. The zero-order valence-corrected chi connectivity index (χ0v) is 15.5. The minimum absolute atomic E-state index is 0.102. The number of benzene rings is 1. The number of guanidine groups is 1. The molecule has 2 aromatic heterocycles. The van der Waals surface area contributed by atoms with E-state index in [9.17, 15) is 0 Å². The molecule has 9 nitrogen and oxygen atoms in total. The zero-order chi connectivity index (χ0) is 19.2. The van der Waals surface area contributed by atoms with Crippen molar-refractivity contribution < 1.29 is 13.9 Å². The maximum atomic E-state index is 5.96. The number of para-hydroxylation sites is 2. The van der Waals surface area contributed by atoms with Crippen LogP contribution in [0.2, 0.25) is 0 Å². The quantitative estimate of drug-likeness (QED) is 0.442. The van der Waals surface area contributed by atoms with Gasteiger partial charge in [0.25, 0.3) is 0 Å². The lowest BCUT2D eigenvalue weighted by atomic mass is 10.2. The summed E-state index contributed by atoms with van der Waals surface area (Å²) in [4.78, 5) is 8.93. The second-order valence-corrected chi connectivity index (χ2v) is 6.16. The molecule has 0 saturated heterocycles. The number of aromatic nitrogens is 3. The first-order valence-electron chi connectivity index (χ1n) is 9.17. The Hall–Kier alpha value is -3.49. The molecule has 0 aliphatic carbocycles. The van der Waals surface area contributed by atoms with Gasteiger partial charge in [0.2, 0.25) is 5.82 Å². The minimum Gasteiger partial charge on any atom is -0.486 e. The first-order valence-corrected chi connectivity index (χ1v) is 9.17. The van der Waals surface area contributed by atoms with E-state index in [1.54, 1.807) is 12.3 Å². The normalized spacial score (nSPS) is 16.0. The SMILES string of the molecule is CCNC(=NCc1nc(-c2ccco2)n[nH]1)NCC1COc2ccccc2O1. The molecule has 3 N–H and O–H groups in total. The molecule has 0 spiro atoms. The molecular formula is C19H22N6O3. The van der Waals surface area contributed by atoms with E-state index in [1.165, 1.54) is 0 Å². The summed E-state index contributed by atoms with van der Waals surface area (Å²) >= 11 is 0. The van der Waals surface area contributed by atoms with Crippen LogP contribution in [0.15, 0.2) is 52.1 Å². The van der Waals surface area contributed by atoms with Crippen molar-refractivity contribution in [1.82, 2.24) is 25.8 Å². The van der Waals surface area contributed by atoms with Crippen LogP contribution in [0.5, 0.6) is 11.5 Å². The van der Waals surface area contributed by atoms with E-state index >= 15 is 0 Å². The van der Waals surface area contributed by atoms with Gasteiger partial charge in [-0.15, -0.1) is 5.10 Å². The highest BCUT2D eigenvalue weighted by molar-refractivity contribution is 5.79. The molecule has 0 saturated carbocycles. The summed E-state index contributed by atoms with van der Waals surface area (Å²) in [6.07, 6.45) is 1.49. The maximum absolute atomic E-state index is 5.96. The van der Waals surface area contributed by atoms with Crippen LogP contribution in [0.25, 0.3) is 11.6 Å². The molecule has 146 valence electrons. The number of nitrogens with zero attached hydrogens (tertiary/aromatic N) is 3. The smallest absolute Gasteiger partial charge is 0.216 e. The van der Waals surface area contributed by atoms with Crippen LogP contribution in [0.4, 0.5) is 0 Å². The van der Waals surface area contributed by atoms with Crippen molar-refractivity contribution in [2.24, 2.45) is 4.99 Å². The van der Waals surface area contributed by atoms with E-state index in [-0.39, 0.29) is 6.10 Å². The van der Waals surface area contributed by atoms with Crippen molar-refractivity contribution in [1.29, 1.82) is 0 Å². The minimum atomic E-state index is -0.102. The summed E-state index contributed by atoms with van der Waals surface area (Å²) in [5, 5.41) is 13.5. The van der Waals surface area contributed by atoms with Gasteiger partial charge >= 0.3 is 0 Å². The number of rotatable bonds is 6. The molecule has 0 radical (unpaired) electrons. The van der Waals surface area contributed by atoms with Gasteiger partial charge < -0.3 is 24.5 Å². The molecule has 1 unspecified atom stereocenters. The predicted molar refractivity (Wildman–Crippen MR) is 103 cm³/mol. The van der Waals surface area contributed by atoms with Gasteiger partial charge in [-0.2, -0.15) is 0 Å². The van der Waals surface area contributed by atoms with E-state index in [0.29, 0.717) is 43.1 Å². The molecule has 0 amide bonds. The summed E-state index contributed by atoms with van der Waals surface area (Å²) in [7, 11) is 0. The van der Waals surface area contributed by atoms with Crippen molar-refractivity contribution in [2.45, 2.75) is 19.6 Å². The Morgan fingerprint density at radius 1 is 1.21 bits per heavy atom. The number of H-pyrrole nitrogens is 1. The van der Waals surface area contributed by atoms with E-state index in [1.807, 2.05) is 37.3 Å². The lowest BCUT2D eigenvalue weighted by molar-refractivity contribution is 0.0936. The predicted octanol–water partition coefficient (Wildman–Crippen LogP) is 1.96. The Bertz CT molecular complexity index is 921. The Morgan fingerprint density at radius 3 is 2.93 bits per heavy atom. The molecule has 1 aromatic carbocycles. The Labute approximate surface area is 162 Å². The molecule has 1 atom stereocenters. The number of hydrogen-bond acceptors (Lipinski definition) is 6. The number of furan rings is 1. The fourth-order valence-electron chi connectivity index (χ4n) is 2.75. The topological polar surface area (TPSA) is 110 Å². The van der Waals surface area contributed by atoms with Gasteiger partial charge in [-0.05, 0) is 31.2 Å². The summed E-state index contributed by atoms with van der Waals surface area (Å²) in [6, 6.07) is 11.3. The number of fused-ring (bicyclic) bond motifs is 1. The molecule has 3 heterocycles. The lowest BCUT2D eigenvalue weighted by Gasteiger charge is -2.27. The second kappa shape index (κ2) is 8.47. The molecule has 0 bridgehead atoms. The van der Waals surface area contributed by atoms with Crippen molar-refractivity contribution in [3.8, 4) is 23.1 Å². The fourth-order valence-corrected chi connectivity index (χ4v) is 2.75. The van der Waals surface area contributed by atoms with Crippen molar-refractivity contribution in [2.75, 3.05) is 19.7 Å². The third kappa shape index (κ3) is 4.25. The van der Waals surface area contributed by atoms with Crippen LogP contribution in [0, 0.1) is 0 Å². The van der Waals surface area contributed by atoms with Crippen LogP contribution in [-0.4, -0.2) is 46.9 Å². The van der Waals surface area contributed by atoms with Gasteiger partial charge in [0, 0.05) is 6.54 Å². The molecule has 3 aromatic rings. The maximum Gasteiger partial charge on any atom is 0.216 e. The van der Waals surface area contributed by atoms with Gasteiger partial charge in [-0.1, -0.05) is 12.1 Å². The van der Waals surface area contributed by atoms with Crippen molar-refractivity contribution >= 4 is 5.96 Å². The number of nitrogens with one attached hydrogen (secondary N) is 3. The molecule has 28 heavy (non-hydrogen) atoms. The molecule has 1 aliphatic rings. The van der Waals surface area contributed by atoms with E-state index in [0.717, 1.165) is 18.0 Å². The lowest BCUT2D eigenvalue weighted by Crippen LogP contribution is -2.45.